The predicted octanol–water partition coefficient (Wildman–Crippen LogP) is 1.05. The molecule has 5 nitrogen and oxygen atoms in total. The number of aryl methyl sites for hydroxylation is 1. The molecule has 2 heterocycles. The highest BCUT2D eigenvalue weighted by molar-refractivity contribution is 5.64. The van der Waals surface area contributed by atoms with Crippen molar-refractivity contribution in [2.24, 2.45) is 0 Å². The molecule has 0 saturated heterocycles. The van der Waals surface area contributed by atoms with E-state index in [1.54, 1.807) is 24.8 Å². The molecule has 0 aliphatic rings. The Morgan fingerprint density at radius 3 is 2.94 bits per heavy atom. The average molecular weight is 234 g/mol. The fourth-order valence-corrected chi connectivity index (χ4v) is 1.54. The summed E-state index contributed by atoms with van der Waals surface area (Å²) in [6.45, 7) is -0.325. The van der Waals surface area contributed by atoms with Crippen LogP contribution in [0.25, 0.3) is 11.4 Å². The second-order valence-corrected chi connectivity index (χ2v) is 3.42. The molecular weight excluding hydrogens is 223 g/mol. The topological polar surface area (TPSA) is 60.7 Å². The van der Waals surface area contributed by atoms with Crippen LogP contribution in [0.15, 0.2) is 24.8 Å². The van der Waals surface area contributed by atoms with Crippen molar-refractivity contribution in [2.45, 2.75) is 13.0 Å². The number of carbonyl (C=O) groups excluding carboxylic acids is 1. The van der Waals surface area contributed by atoms with Gasteiger partial charge in [-0.1, -0.05) is 0 Å². The van der Waals surface area contributed by atoms with Gasteiger partial charge in [-0.25, -0.2) is 4.39 Å². The number of hydrogen-bond acceptors (Lipinski definition) is 4. The van der Waals surface area contributed by atoms with Crippen LogP contribution in [0.4, 0.5) is 4.39 Å². The first kappa shape index (κ1) is 11.4. The second-order valence-electron chi connectivity index (χ2n) is 3.42. The first-order valence-electron chi connectivity index (χ1n) is 5.17. The van der Waals surface area contributed by atoms with Crippen LogP contribution in [0, 0.1) is 0 Å². The number of nitrogens with zero attached hydrogens (tertiary/aromatic N) is 4. The number of carbonyl (C=O) groups is 1. The van der Waals surface area contributed by atoms with Crippen LogP contribution in [0.2, 0.25) is 0 Å². The van der Waals surface area contributed by atoms with Crippen molar-refractivity contribution in [1.29, 1.82) is 0 Å². The van der Waals surface area contributed by atoms with Gasteiger partial charge in [0.25, 0.3) is 0 Å². The molecule has 0 atom stereocenters. The third-order valence-electron chi connectivity index (χ3n) is 2.26. The summed E-state index contributed by atoms with van der Waals surface area (Å²) in [5, 5.41) is 4.20. The lowest BCUT2D eigenvalue weighted by molar-refractivity contribution is -0.107. The van der Waals surface area contributed by atoms with Gasteiger partial charge in [-0.15, -0.1) is 0 Å². The van der Waals surface area contributed by atoms with E-state index in [1.165, 1.54) is 4.68 Å². The molecule has 17 heavy (non-hydrogen) atoms. The van der Waals surface area contributed by atoms with Gasteiger partial charge in [0.1, 0.15) is 24.3 Å². The van der Waals surface area contributed by atoms with Crippen LogP contribution in [0.3, 0.4) is 0 Å². The van der Waals surface area contributed by atoms with E-state index in [0.717, 1.165) is 11.8 Å². The molecule has 6 heteroatoms. The normalized spacial score (nSPS) is 10.4. The van der Waals surface area contributed by atoms with E-state index in [0.29, 0.717) is 11.4 Å². The summed E-state index contributed by atoms with van der Waals surface area (Å²) in [6.07, 6.45) is 7.36. The molecule has 0 N–H and O–H groups in total. The third-order valence-corrected chi connectivity index (χ3v) is 2.26. The standard InChI is InChI=1S/C11H11FN4O/c12-2-5-16-8-9(1-6-17)11(15-16)10-7-13-3-4-14-10/h3-4,6-8H,1-2,5H2. The summed E-state index contributed by atoms with van der Waals surface area (Å²) >= 11 is 0. The van der Waals surface area contributed by atoms with E-state index in [1.807, 2.05) is 0 Å². The fraction of sp³-hybridized carbons (Fsp3) is 0.273. The highest BCUT2D eigenvalue weighted by Gasteiger charge is 2.11. The summed E-state index contributed by atoms with van der Waals surface area (Å²) in [7, 11) is 0. The first-order chi connectivity index (χ1) is 8.35. The maximum absolute atomic E-state index is 12.2. The minimum atomic E-state index is -0.498. The summed E-state index contributed by atoms with van der Waals surface area (Å²) in [6, 6.07) is 0. The number of aromatic nitrogens is 4. The lowest BCUT2D eigenvalue weighted by Gasteiger charge is -1.96. The van der Waals surface area contributed by atoms with Gasteiger partial charge in [0.05, 0.1) is 12.7 Å². The molecule has 0 radical (unpaired) electrons. The van der Waals surface area contributed by atoms with Gasteiger partial charge in [-0.3, -0.25) is 14.6 Å². The summed E-state index contributed by atoms with van der Waals surface area (Å²) < 4.78 is 13.7. The lowest BCUT2D eigenvalue weighted by Crippen LogP contribution is -2.00. The van der Waals surface area contributed by atoms with Crippen molar-refractivity contribution in [1.82, 2.24) is 19.7 Å². The molecule has 0 saturated carbocycles. The fourth-order valence-electron chi connectivity index (χ4n) is 1.54. The van der Waals surface area contributed by atoms with Crippen molar-refractivity contribution in [2.75, 3.05) is 6.67 Å². The molecule has 2 aromatic rings. The van der Waals surface area contributed by atoms with E-state index >= 15 is 0 Å². The molecule has 0 spiro atoms. The SMILES string of the molecule is O=CCc1cn(CCF)nc1-c1cnccn1. The Kier molecular flexibility index (Phi) is 3.54. The Morgan fingerprint density at radius 2 is 2.29 bits per heavy atom. The van der Waals surface area contributed by atoms with E-state index in [2.05, 4.69) is 15.1 Å². The number of hydrogen-bond donors (Lipinski definition) is 0. The van der Waals surface area contributed by atoms with Gasteiger partial charge in [0.2, 0.25) is 0 Å². The molecule has 0 bridgehead atoms. The molecular formula is C11H11FN4O. The molecule has 0 unspecified atom stereocenters. The van der Waals surface area contributed by atoms with Gasteiger partial charge in [-0.05, 0) is 0 Å². The average Bonchev–Trinajstić information content (AvgIpc) is 2.74. The Hall–Kier alpha value is -2.11. The Balaban J connectivity index is 2.40. The molecule has 0 amide bonds. The summed E-state index contributed by atoms with van der Waals surface area (Å²) in [4.78, 5) is 18.6. The Labute approximate surface area is 97.3 Å². The van der Waals surface area contributed by atoms with Crippen molar-refractivity contribution < 1.29 is 9.18 Å². The summed E-state index contributed by atoms with van der Waals surface area (Å²) in [5.74, 6) is 0. The third kappa shape index (κ3) is 2.52. The molecule has 2 aromatic heterocycles. The molecule has 88 valence electrons. The highest BCUT2D eigenvalue weighted by Crippen LogP contribution is 2.19. The van der Waals surface area contributed by atoms with Crippen LogP contribution >= 0.6 is 0 Å². The second kappa shape index (κ2) is 5.29. The zero-order valence-corrected chi connectivity index (χ0v) is 9.08. The number of alkyl halides is 1. The van der Waals surface area contributed by atoms with Gasteiger partial charge >= 0.3 is 0 Å². The van der Waals surface area contributed by atoms with Crippen molar-refractivity contribution in [3.8, 4) is 11.4 Å². The van der Waals surface area contributed by atoms with Crippen molar-refractivity contribution in [3.63, 3.8) is 0 Å². The number of halogens is 1. The maximum atomic E-state index is 12.2. The van der Waals surface area contributed by atoms with Gasteiger partial charge in [-0.2, -0.15) is 5.10 Å². The first-order valence-corrected chi connectivity index (χ1v) is 5.17. The van der Waals surface area contributed by atoms with Crippen LogP contribution < -0.4 is 0 Å². The zero-order valence-electron chi connectivity index (χ0n) is 9.08. The van der Waals surface area contributed by atoms with Gasteiger partial charge < -0.3 is 4.79 Å². The van der Waals surface area contributed by atoms with Crippen LogP contribution in [-0.2, 0) is 17.8 Å². The number of aldehydes is 1. The van der Waals surface area contributed by atoms with Crippen LogP contribution in [-0.4, -0.2) is 32.7 Å². The minimum absolute atomic E-state index is 0.173. The highest BCUT2D eigenvalue weighted by atomic mass is 19.1. The quantitative estimate of drug-likeness (QED) is 0.725. The monoisotopic (exact) mass is 234 g/mol. The van der Waals surface area contributed by atoms with Crippen molar-refractivity contribution >= 4 is 6.29 Å². The molecule has 2 rings (SSSR count). The molecule has 0 fully saturated rings. The van der Waals surface area contributed by atoms with Crippen LogP contribution in [0.5, 0.6) is 0 Å². The predicted molar refractivity (Wildman–Crippen MR) is 59.0 cm³/mol. The van der Waals surface area contributed by atoms with E-state index < -0.39 is 6.67 Å². The smallest absolute Gasteiger partial charge is 0.124 e. The van der Waals surface area contributed by atoms with Gasteiger partial charge in [0, 0.05) is 30.6 Å². The molecule has 0 aromatic carbocycles. The molecule has 0 aliphatic carbocycles. The maximum Gasteiger partial charge on any atom is 0.124 e. The Morgan fingerprint density at radius 1 is 1.41 bits per heavy atom. The lowest BCUT2D eigenvalue weighted by atomic mass is 10.1. The van der Waals surface area contributed by atoms with Gasteiger partial charge in [0.15, 0.2) is 0 Å². The Bertz CT molecular complexity index is 497. The largest absolute Gasteiger partial charge is 0.303 e. The van der Waals surface area contributed by atoms with E-state index in [9.17, 15) is 9.18 Å². The minimum Gasteiger partial charge on any atom is -0.303 e. The summed E-state index contributed by atoms with van der Waals surface area (Å²) in [5.41, 5.74) is 1.90. The zero-order chi connectivity index (χ0) is 12.1. The van der Waals surface area contributed by atoms with Crippen molar-refractivity contribution in [3.05, 3.63) is 30.4 Å². The van der Waals surface area contributed by atoms with Crippen LogP contribution in [0.1, 0.15) is 5.56 Å². The van der Waals surface area contributed by atoms with E-state index in [-0.39, 0.29) is 13.0 Å². The number of rotatable bonds is 5. The molecule has 0 aliphatic heterocycles. The van der Waals surface area contributed by atoms with E-state index in [4.69, 9.17) is 0 Å².